The molecule has 0 saturated heterocycles. The van der Waals surface area contributed by atoms with Crippen molar-refractivity contribution in [3.05, 3.63) is 102 Å². The monoisotopic (exact) mass is 579 g/mol. The highest BCUT2D eigenvalue weighted by atomic mass is 32.2. The van der Waals surface area contributed by atoms with Crippen molar-refractivity contribution >= 4 is 43.0 Å². The topological polar surface area (TPSA) is 131 Å². The number of aryl methyl sites for hydroxylation is 1. The Labute approximate surface area is 234 Å². The van der Waals surface area contributed by atoms with Crippen molar-refractivity contribution in [2.24, 2.45) is 11.0 Å². The molecule has 4 aromatic carbocycles. The van der Waals surface area contributed by atoms with Crippen LogP contribution in [0.15, 0.2) is 106 Å². The van der Waals surface area contributed by atoms with Gasteiger partial charge in [-0.05, 0) is 65.6 Å². The first-order valence-electron chi connectivity index (χ1n) is 12.4. The van der Waals surface area contributed by atoms with Crippen molar-refractivity contribution in [3.8, 4) is 5.75 Å². The van der Waals surface area contributed by atoms with Crippen LogP contribution >= 0.6 is 0 Å². The summed E-state index contributed by atoms with van der Waals surface area (Å²) < 4.78 is 59.1. The van der Waals surface area contributed by atoms with Crippen LogP contribution in [0.1, 0.15) is 25.0 Å². The van der Waals surface area contributed by atoms with Crippen LogP contribution in [0.2, 0.25) is 0 Å². The predicted octanol–water partition coefficient (Wildman–Crippen LogP) is 4.37. The molecule has 2 N–H and O–H groups in total. The molecule has 0 aliphatic carbocycles. The number of rotatable bonds is 10. The second-order valence-electron chi connectivity index (χ2n) is 9.51. The number of amides is 1. The van der Waals surface area contributed by atoms with Crippen LogP contribution < -0.4 is 14.3 Å². The van der Waals surface area contributed by atoms with Crippen LogP contribution in [0, 0.1) is 12.8 Å². The van der Waals surface area contributed by atoms with Gasteiger partial charge in [-0.2, -0.15) is 18.2 Å². The quantitative estimate of drug-likeness (QED) is 0.163. The molecule has 0 unspecified atom stereocenters. The Morgan fingerprint density at radius 1 is 0.825 bits per heavy atom. The molecule has 11 heteroatoms. The summed E-state index contributed by atoms with van der Waals surface area (Å²) in [4.78, 5) is 12.9. The minimum atomic E-state index is -4.10. The molecular formula is C29H29N3O6S2. The summed E-state index contributed by atoms with van der Waals surface area (Å²) in [7, 11) is -8.04. The lowest BCUT2D eigenvalue weighted by Crippen LogP contribution is -2.48. The van der Waals surface area contributed by atoms with Crippen LogP contribution in [0.3, 0.4) is 0 Å². The fraction of sp³-hybridized carbons (Fsp3) is 0.172. The number of carbonyl (C=O) groups is 1. The van der Waals surface area contributed by atoms with Gasteiger partial charge in [0.25, 0.3) is 5.91 Å². The van der Waals surface area contributed by atoms with Gasteiger partial charge >= 0.3 is 10.1 Å². The molecule has 9 nitrogen and oxygen atoms in total. The van der Waals surface area contributed by atoms with E-state index in [0.29, 0.717) is 5.56 Å². The van der Waals surface area contributed by atoms with Crippen LogP contribution in [0.4, 0.5) is 0 Å². The summed E-state index contributed by atoms with van der Waals surface area (Å²) >= 11 is 0. The van der Waals surface area contributed by atoms with Gasteiger partial charge in [0.1, 0.15) is 16.7 Å². The highest BCUT2D eigenvalue weighted by Gasteiger charge is 2.28. The molecule has 0 aromatic heterocycles. The first-order chi connectivity index (χ1) is 18.9. The third kappa shape index (κ3) is 7.12. The van der Waals surface area contributed by atoms with E-state index in [-0.39, 0.29) is 21.5 Å². The van der Waals surface area contributed by atoms with Gasteiger partial charge in [-0.3, -0.25) is 4.79 Å². The molecule has 0 aliphatic rings. The zero-order valence-corrected chi connectivity index (χ0v) is 23.7. The van der Waals surface area contributed by atoms with Crippen molar-refractivity contribution < 1.29 is 25.8 Å². The molecule has 1 atom stereocenters. The van der Waals surface area contributed by atoms with E-state index in [1.54, 1.807) is 50.2 Å². The molecule has 40 heavy (non-hydrogen) atoms. The lowest BCUT2D eigenvalue weighted by molar-refractivity contribution is -0.123. The number of nitrogens with zero attached hydrogens (tertiary/aromatic N) is 1. The Morgan fingerprint density at radius 3 is 2.20 bits per heavy atom. The van der Waals surface area contributed by atoms with Gasteiger partial charge in [0.15, 0.2) is 0 Å². The van der Waals surface area contributed by atoms with E-state index in [4.69, 9.17) is 4.18 Å². The molecule has 4 aromatic rings. The highest BCUT2D eigenvalue weighted by molar-refractivity contribution is 7.89. The summed E-state index contributed by atoms with van der Waals surface area (Å²) in [6, 6.07) is 23.5. The summed E-state index contributed by atoms with van der Waals surface area (Å²) in [6.45, 7) is 5.27. The van der Waals surface area contributed by atoms with E-state index in [1.165, 1.54) is 36.5 Å². The van der Waals surface area contributed by atoms with Crippen LogP contribution in [0.5, 0.6) is 5.75 Å². The number of fused-ring (bicyclic) bond motifs is 1. The zero-order valence-electron chi connectivity index (χ0n) is 22.1. The molecule has 0 fully saturated rings. The van der Waals surface area contributed by atoms with Crippen molar-refractivity contribution in [2.45, 2.75) is 36.6 Å². The smallest absolute Gasteiger partial charge is 0.339 e. The van der Waals surface area contributed by atoms with Crippen molar-refractivity contribution in [1.82, 2.24) is 10.1 Å². The van der Waals surface area contributed by atoms with E-state index < -0.39 is 32.1 Å². The number of sulfonamides is 1. The first-order valence-corrected chi connectivity index (χ1v) is 15.3. The Morgan fingerprint density at radius 2 is 1.50 bits per heavy atom. The Kier molecular flexibility index (Phi) is 8.67. The van der Waals surface area contributed by atoms with Crippen molar-refractivity contribution in [2.75, 3.05) is 0 Å². The van der Waals surface area contributed by atoms with Gasteiger partial charge in [-0.1, -0.05) is 74.0 Å². The van der Waals surface area contributed by atoms with Crippen LogP contribution in [-0.4, -0.2) is 35.0 Å². The standard InChI is InChI=1S/C29H29N3O6S2/c1-20(2)28(32-39(34,35)26-14-11-21(3)12-15-26)29(33)31-30-19-22-7-6-10-25(17-22)38-40(36,37)27-16-13-23-8-4-5-9-24(23)18-27/h4-20,28,32H,1-3H3,(H,31,33)/b30-19-/t28-/m1/s1. The summed E-state index contributed by atoms with van der Waals surface area (Å²) in [5.41, 5.74) is 3.71. The van der Waals surface area contributed by atoms with Crippen molar-refractivity contribution in [1.29, 1.82) is 0 Å². The maximum atomic E-state index is 12.9. The minimum absolute atomic E-state index is 0.0188. The second kappa shape index (κ2) is 12.0. The van der Waals surface area contributed by atoms with E-state index in [9.17, 15) is 21.6 Å². The molecule has 0 saturated carbocycles. The van der Waals surface area contributed by atoms with Gasteiger partial charge in [0.05, 0.1) is 11.1 Å². The largest absolute Gasteiger partial charge is 0.379 e. The first kappa shape index (κ1) is 28.9. The lowest BCUT2D eigenvalue weighted by Gasteiger charge is -2.20. The average Bonchev–Trinajstić information content (AvgIpc) is 2.91. The van der Waals surface area contributed by atoms with Crippen molar-refractivity contribution in [3.63, 3.8) is 0 Å². The number of hydrogen-bond donors (Lipinski definition) is 2. The van der Waals surface area contributed by atoms with E-state index in [2.05, 4.69) is 15.2 Å². The Balaban J connectivity index is 1.43. The predicted molar refractivity (Wildman–Crippen MR) is 154 cm³/mol. The molecule has 0 bridgehead atoms. The molecule has 0 spiro atoms. The minimum Gasteiger partial charge on any atom is -0.379 e. The third-order valence-corrected chi connectivity index (χ3v) is 8.72. The fourth-order valence-corrected chi connectivity index (χ4v) is 6.13. The summed E-state index contributed by atoms with van der Waals surface area (Å²) in [5, 5.41) is 5.60. The van der Waals surface area contributed by atoms with Crippen LogP contribution in [0.25, 0.3) is 10.8 Å². The number of carbonyl (C=O) groups excluding carboxylic acids is 1. The Bertz CT molecular complexity index is 1770. The van der Waals surface area contributed by atoms with Gasteiger partial charge in [0, 0.05) is 0 Å². The second-order valence-corrected chi connectivity index (χ2v) is 12.8. The maximum absolute atomic E-state index is 12.9. The van der Waals surface area contributed by atoms with Gasteiger partial charge in [-0.15, -0.1) is 0 Å². The molecule has 4 rings (SSSR count). The van der Waals surface area contributed by atoms with Crippen LogP contribution in [-0.2, 0) is 24.9 Å². The summed E-state index contributed by atoms with van der Waals surface area (Å²) in [6.07, 6.45) is 1.30. The van der Waals surface area contributed by atoms with E-state index >= 15 is 0 Å². The number of hydrogen-bond acceptors (Lipinski definition) is 7. The lowest BCUT2D eigenvalue weighted by atomic mass is 10.1. The SMILES string of the molecule is Cc1ccc(S(=O)(=O)N[C@@H](C(=O)N/N=C\c2cccc(OS(=O)(=O)c3ccc4ccccc4c3)c2)C(C)C)cc1. The van der Waals surface area contributed by atoms with E-state index in [0.717, 1.165) is 16.3 Å². The fourth-order valence-electron chi connectivity index (χ4n) is 3.83. The van der Waals surface area contributed by atoms with Gasteiger partial charge in [-0.25, -0.2) is 13.8 Å². The zero-order chi connectivity index (χ0) is 28.9. The average molecular weight is 580 g/mol. The van der Waals surface area contributed by atoms with Gasteiger partial charge < -0.3 is 4.18 Å². The summed E-state index contributed by atoms with van der Waals surface area (Å²) in [5.74, 6) is -0.949. The molecular weight excluding hydrogens is 550 g/mol. The molecule has 0 aliphatic heterocycles. The number of nitrogens with one attached hydrogen (secondary N) is 2. The third-order valence-electron chi connectivity index (χ3n) is 6.02. The number of hydrazone groups is 1. The molecule has 0 heterocycles. The number of benzene rings is 4. The van der Waals surface area contributed by atoms with E-state index in [1.807, 2.05) is 31.2 Å². The molecule has 208 valence electrons. The molecule has 0 radical (unpaired) electrons. The highest BCUT2D eigenvalue weighted by Crippen LogP contribution is 2.23. The van der Waals surface area contributed by atoms with Gasteiger partial charge in [0.2, 0.25) is 10.0 Å². The normalized spacial score (nSPS) is 13.0. The maximum Gasteiger partial charge on any atom is 0.339 e. The molecule has 1 amide bonds. The Hall–Kier alpha value is -4.06.